The Morgan fingerprint density at radius 2 is 1.73 bits per heavy atom. The Bertz CT molecular complexity index is 677. The Balaban J connectivity index is 2.18. The molecule has 5 heteroatoms. The first kappa shape index (κ1) is 15.6. The second-order valence-electron chi connectivity index (χ2n) is 5.12. The second-order valence-corrected chi connectivity index (χ2v) is 5.12. The molecular formula is C17H17NO4. The van der Waals surface area contributed by atoms with Crippen molar-refractivity contribution < 1.29 is 19.4 Å². The van der Waals surface area contributed by atoms with Crippen LogP contribution in [0.5, 0.6) is 5.75 Å². The van der Waals surface area contributed by atoms with Crippen LogP contribution in [0, 0.1) is 5.92 Å². The maximum Gasteiger partial charge on any atom is 0.511 e. The van der Waals surface area contributed by atoms with Crippen molar-refractivity contribution in [3.05, 3.63) is 48.5 Å². The molecule has 0 spiro atoms. The molecule has 0 bridgehead atoms. The first-order valence-corrected chi connectivity index (χ1v) is 6.88. The van der Waals surface area contributed by atoms with E-state index in [9.17, 15) is 9.59 Å². The zero-order valence-corrected chi connectivity index (χ0v) is 12.4. The van der Waals surface area contributed by atoms with Gasteiger partial charge in [-0.25, -0.2) is 4.79 Å². The molecule has 22 heavy (non-hydrogen) atoms. The van der Waals surface area contributed by atoms with Crippen molar-refractivity contribution >= 4 is 17.7 Å². The van der Waals surface area contributed by atoms with Gasteiger partial charge in [0.25, 0.3) is 0 Å². The Morgan fingerprint density at radius 1 is 1.05 bits per heavy atom. The van der Waals surface area contributed by atoms with E-state index in [1.54, 1.807) is 24.3 Å². The number of anilines is 1. The molecule has 2 aromatic carbocycles. The minimum atomic E-state index is -1.34. The third-order valence-corrected chi connectivity index (χ3v) is 3.05. The van der Waals surface area contributed by atoms with E-state index < -0.39 is 6.16 Å². The number of hydrogen-bond donors (Lipinski definition) is 2. The van der Waals surface area contributed by atoms with E-state index in [0.29, 0.717) is 0 Å². The number of benzene rings is 2. The molecule has 0 aliphatic carbocycles. The van der Waals surface area contributed by atoms with Crippen LogP contribution < -0.4 is 10.1 Å². The van der Waals surface area contributed by atoms with Gasteiger partial charge in [0.2, 0.25) is 5.91 Å². The van der Waals surface area contributed by atoms with E-state index in [1.807, 2.05) is 38.1 Å². The van der Waals surface area contributed by atoms with Gasteiger partial charge >= 0.3 is 6.16 Å². The van der Waals surface area contributed by atoms with Crippen LogP contribution in [0.15, 0.2) is 48.5 Å². The van der Waals surface area contributed by atoms with Crippen LogP contribution in [-0.4, -0.2) is 17.2 Å². The Morgan fingerprint density at radius 3 is 2.32 bits per heavy atom. The number of carboxylic acid groups (broad SMARTS) is 1. The van der Waals surface area contributed by atoms with Gasteiger partial charge < -0.3 is 15.2 Å². The Hall–Kier alpha value is -2.82. The molecule has 2 N–H and O–H groups in total. The zero-order chi connectivity index (χ0) is 16.1. The van der Waals surface area contributed by atoms with Gasteiger partial charge in [0, 0.05) is 11.6 Å². The SMILES string of the molecule is CC(C)C(=O)Nc1cccc(-c2ccc(OC(=O)O)cc2)c1. The van der Waals surface area contributed by atoms with Crippen LogP contribution in [0.25, 0.3) is 11.1 Å². The van der Waals surface area contributed by atoms with E-state index in [1.165, 1.54) is 0 Å². The molecule has 2 aromatic rings. The lowest BCUT2D eigenvalue weighted by atomic mass is 10.0. The van der Waals surface area contributed by atoms with Gasteiger partial charge in [-0.15, -0.1) is 0 Å². The summed E-state index contributed by atoms with van der Waals surface area (Å²) in [5.74, 6) is 0.138. The number of hydrogen-bond acceptors (Lipinski definition) is 3. The summed E-state index contributed by atoms with van der Waals surface area (Å²) in [7, 11) is 0. The van der Waals surface area contributed by atoms with Crippen molar-refractivity contribution in [2.24, 2.45) is 5.92 Å². The van der Waals surface area contributed by atoms with Crippen LogP contribution in [0.4, 0.5) is 10.5 Å². The highest BCUT2D eigenvalue weighted by Crippen LogP contribution is 2.25. The van der Waals surface area contributed by atoms with Crippen molar-refractivity contribution in [3.8, 4) is 16.9 Å². The average Bonchev–Trinajstić information content (AvgIpc) is 2.47. The summed E-state index contributed by atoms with van der Waals surface area (Å²) in [5, 5.41) is 11.4. The van der Waals surface area contributed by atoms with E-state index in [2.05, 4.69) is 10.1 Å². The van der Waals surface area contributed by atoms with Gasteiger partial charge in [0.05, 0.1) is 0 Å². The fraction of sp³-hybridized carbons (Fsp3) is 0.176. The first-order valence-electron chi connectivity index (χ1n) is 6.88. The summed E-state index contributed by atoms with van der Waals surface area (Å²) in [5.41, 5.74) is 2.55. The summed E-state index contributed by atoms with van der Waals surface area (Å²) >= 11 is 0. The number of nitrogens with one attached hydrogen (secondary N) is 1. The number of rotatable bonds is 4. The molecule has 0 aliphatic rings. The molecule has 0 unspecified atom stereocenters. The van der Waals surface area contributed by atoms with Gasteiger partial charge in [-0.3, -0.25) is 4.79 Å². The summed E-state index contributed by atoms with van der Waals surface area (Å²) < 4.78 is 4.57. The number of ether oxygens (including phenoxy) is 1. The molecule has 1 amide bonds. The third kappa shape index (κ3) is 4.09. The van der Waals surface area contributed by atoms with Gasteiger partial charge in [0.1, 0.15) is 5.75 Å². The minimum absolute atomic E-state index is 0.0395. The monoisotopic (exact) mass is 299 g/mol. The minimum Gasteiger partial charge on any atom is -0.449 e. The molecule has 5 nitrogen and oxygen atoms in total. The van der Waals surface area contributed by atoms with Gasteiger partial charge in [-0.05, 0) is 35.4 Å². The lowest BCUT2D eigenvalue weighted by Gasteiger charge is -2.10. The number of carbonyl (C=O) groups is 2. The normalized spacial score (nSPS) is 10.3. The van der Waals surface area contributed by atoms with Crippen molar-refractivity contribution in [2.45, 2.75) is 13.8 Å². The van der Waals surface area contributed by atoms with Gasteiger partial charge in [-0.2, -0.15) is 0 Å². The smallest absolute Gasteiger partial charge is 0.449 e. The summed E-state index contributed by atoms with van der Waals surface area (Å²) in [6.45, 7) is 3.67. The van der Waals surface area contributed by atoms with Crippen molar-refractivity contribution in [2.75, 3.05) is 5.32 Å². The molecule has 0 saturated carbocycles. The third-order valence-electron chi connectivity index (χ3n) is 3.05. The number of amides is 1. The highest BCUT2D eigenvalue weighted by Gasteiger charge is 2.08. The van der Waals surface area contributed by atoms with E-state index >= 15 is 0 Å². The highest BCUT2D eigenvalue weighted by molar-refractivity contribution is 5.92. The second kappa shape index (κ2) is 6.76. The molecule has 0 heterocycles. The maximum atomic E-state index is 11.7. The van der Waals surface area contributed by atoms with Crippen LogP contribution in [0.3, 0.4) is 0 Å². The average molecular weight is 299 g/mol. The molecule has 2 rings (SSSR count). The van der Waals surface area contributed by atoms with Gasteiger partial charge in [0.15, 0.2) is 0 Å². The molecule has 0 saturated heterocycles. The maximum absolute atomic E-state index is 11.7. The van der Waals surface area contributed by atoms with Gasteiger partial charge in [-0.1, -0.05) is 38.1 Å². The molecule has 0 aliphatic heterocycles. The fourth-order valence-electron chi connectivity index (χ4n) is 1.88. The van der Waals surface area contributed by atoms with Crippen molar-refractivity contribution in [3.63, 3.8) is 0 Å². The summed E-state index contributed by atoms with van der Waals surface area (Å²) in [4.78, 5) is 22.2. The van der Waals surface area contributed by atoms with Crippen LogP contribution in [-0.2, 0) is 4.79 Å². The van der Waals surface area contributed by atoms with E-state index in [0.717, 1.165) is 16.8 Å². The Kier molecular flexibility index (Phi) is 4.78. The van der Waals surface area contributed by atoms with Crippen LogP contribution >= 0.6 is 0 Å². The molecule has 0 atom stereocenters. The molecule has 0 fully saturated rings. The van der Waals surface area contributed by atoms with E-state index in [4.69, 9.17) is 5.11 Å². The molecule has 114 valence electrons. The quantitative estimate of drug-likeness (QED) is 0.660. The Labute approximate surface area is 128 Å². The van der Waals surface area contributed by atoms with E-state index in [-0.39, 0.29) is 17.6 Å². The summed E-state index contributed by atoms with van der Waals surface area (Å²) in [6.07, 6.45) is -1.34. The van der Waals surface area contributed by atoms with Crippen molar-refractivity contribution in [1.82, 2.24) is 0 Å². The van der Waals surface area contributed by atoms with Crippen LogP contribution in [0.2, 0.25) is 0 Å². The standard InChI is InChI=1S/C17H17NO4/c1-11(2)16(19)18-14-5-3-4-13(10-14)12-6-8-15(9-7-12)22-17(20)21/h3-11H,1-2H3,(H,18,19)(H,20,21). The molecule has 0 aromatic heterocycles. The zero-order valence-electron chi connectivity index (χ0n) is 12.4. The topological polar surface area (TPSA) is 75.6 Å². The highest BCUT2D eigenvalue weighted by atomic mass is 16.7. The number of carbonyl (C=O) groups excluding carboxylic acids is 1. The molecular weight excluding hydrogens is 282 g/mol. The predicted molar refractivity (Wildman–Crippen MR) is 84.0 cm³/mol. The predicted octanol–water partition coefficient (Wildman–Crippen LogP) is 4.00. The van der Waals surface area contributed by atoms with Crippen LogP contribution in [0.1, 0.15) is 13.8 Å². The lowest BCUT2D eigenvalue weighted by molar-refractivity contribution is -0.118. The van der Waals surface area contributed by atoms with Crippen molar-refractivity contribution in [1.29, 1.82) is 0 Å². The largest absolute Gasteiger partial charge is 0.511 e. The fourth-order valence-corrected chi connectivity index (χ4v) is 1.88. The first-order chi connectivity index (χ1) is 10.5. The molecule has 0 radical (unpaired) electrons. The summed E-state index contributed by atoms with van der Waals surface area (Å²) in [6, 6.07) is 14.2. The lowest BCUT2D eigenvalue weighted by Crippen LogP contribution is -2.17.